The van der Waals surface area contributed by atoms with Crippen molar-refractivity contribution in [3.05, 3.63) is 66.9 Å². The second kappa shape index (κ2) is 8.48. The van der Waals surface area contributed by atoms with E-state index in [-0.39, 0.29) is 13.0 Å². The number of fused-ring (bicyclic) bond motifs is 2. The molecule has 0 amide bonds. The lowest BCUT2D eigenvalue weighted by molar-refractivity contribution is 0.0115. The molecule has 10 nitrogen and oxygen atoms in total. The molecule has 0 radical (unpaired) electrons. The summed E-state index contributed by atoms with van der Waals surface area (Å²) in [5.74, 6) is -2.03. The first-order chi connectivity index (χ1) is 18.4. The lowest BCUT2D eigenvalue weighted by Gasteiger charge is -2.15. The van der Waals surface area contributed by atoms with Crippen LogP contribution in [0, 0.1) is 6.92 Å². The molecule has 12 heteroatoms. The van der Waals surface area contributed by atoms with Crippen LogP contribution in [0.3, 0.4) is 0 Å². The van der Waals surface area contributed by atoms with E-state index < -0.39 is 5.92 Å². The van der Waals surface area contributed by atoms with E-state index in [1.54, 1.807) is 42.2 Å². The number of aromatic nitrogens is 9. The van der Waals surface area contributed by atoms with Crippen LogP contribution in [0.15, 0.2) is 55.6 Å². The van der Waals surface area contributed by atoms with Crippen LogP contribution in [-0.2, 0) is 6.54 Å². The Balaban J connectivity index is 1.24. The minimum absolute atomic E-state index is 0.108. The van der Waals surface area contributed by atoms with Crippen molar-refractivity contribution in [2.45, 2.75) is 25.8 Å². The molecule has 1 saturated heterocycles. The molecule has 7 rings (SSSR count). The van der Waals surface area contributed by atoms with E-state index in [0.717, 1.165) is 44.4 Å². The van der Waals surface area contributed by atoms with Gasteiger partial charge in [-0.2, -0.15) is 5.10 Å². The fourth-order valence-corrected chi connectivity index (χ4v) is 4.94. The summed E-state index contributed by atoms with van der Waals surface area (Å²) in [7, 11) is 0. The molecule has 0 atom stereocenters. The average Bonchev–Trinajstić information content (AvgIpc) is 3.69. The number of nitrogens with one attached hydrogen (secondary N) is 2. The third-order valence-electron chi connectivity index (χ3n) is 6.78. The van der Waals surface area contributed by atoms with E-state index in [2.05, 4.69) is 35.1 Å². The second-order valence-electron chi connectivity index (χ2n) is 9.65. The molecule has 190 valence electrons. The third kappa shape index (κ3) is 3.98. The van der Waals surface area contributed by atoms with E-state index in [1.165, 1.54) is 0 Å². The van der Waals surface area contributed by atoms with Crippen LogP contribution in [0.25, 0.3) is 50.4 Å². The first kappa shape index (κ1) is 22.6. The third-order valence-corrected chi connectivity index (χ3v) is 6.78. The Kier molecular flexibility index (Phi) is 5.05. The molecule has 38 heavy (non-hydrogen) atoms. The fraction of sp³-hybridized carbons (Fsp3) is 0.231. The number of hydrogen-bond donors (Lipinski definition) is 2. The summed E-state index contributed by atoms with van der Waals surface area (Å²) in [6, 6.07) is 3.88. The van der Waals surface area contributed by atoms with E-state index in [9.17, 15) is 8.78 Å². The van der Waals surface area contributed by atoms with Crippen molar-refractivity contribution in [3.63, 3.8) is 0 Å². The number of imidazole rings is 2. The van der Waals surface area contributed by atoms with Crippen LogP contribution >= 0.6 is 0 Å². The number of pyridine rings is 3. The monoisotopic (exact) mass is 512 g/mol. The zero-order chi connectivity index (χ0) is 25.9. The molecule has 0 bridgehead atoms. The molecule has 2 N–H and O–H groups in total. The van der Waals surface area contributed by atoms with Crippen molar-refractivity contribution >= 4 is 21.9 Å². The van der Waals surface area contributed by atoms with Gasteiger partial charge in [0.1, 0.15) is 11.2 Å². The molecule has 0 saturated carbocycles. The van der Waals surface area contributed by atoms with E-state index in [4.69, 9.17) is 4.98 Å². The van der Waals surface area contributed by atoms with Gasteiger partial charge in [-0.25, -0.2) is 18.7 Å². The average molecular weight is 513 g/mol. The summed E-state index contributed by atoms with van der Waals surface area (Å²) in [4.78, 5) is 27.5. The van der Waals surface area contributed by atoms with Gasteiger partial charge in [0.15, 0.2) is 5.82 Å². The van der Waals surface area contributed by atoms with Crippen LogP contribution in [0.5, 0.6) is 0 Å². The summed E-state index contributed by atoms with van der Waals surface area (Å²) in [6.07, 6.45) is 12.2. The lowest BCUT2D eigenvalue weighted by atomic mass is 10.1. The Labute approximate surface area is 214 Å². The number of halogens is 2. The Bertz CT molecular complexity index is 1800. The van der Waals surface area contributed by atoms with Crippen LogP contribution in [0.1, 0.15) is 17.7 Å². The van der Waals surface area contributed by atoms with Crippen molar-refractivity contribution in [1.82, 2.24) is 49.6 Å². The number of aryl methyl sites for hydroxylation is 1. The van der Waals surface area contributed by atoms with Gasteiger partial charge in [-0.05, 0) is 24.6 Å². The van der Waals surface area contributed by atoms with Gasteiger partial charge in [0, 0.05) is 49.1 Å². The molecule has 6 aromatic heterocycles. The van der Waals surface area contributed by atoms with Gasteiger partial charge in [-0.15, -0.1) is 0 Å². The quantitative estimate of drug-likeness (QED) is 0.354. The second-order valence-corrected chi connectivity index (χ2v) is 9.65. The highest BCUT2D eigenvalue weighted by Gasteiger charge is 2.37. The first-order valence-electron chi connectivity index (χ1n) is 12.2. The summed E-state index contributed by atoms with van der Waals surface area (Å²) < 4.78 is 29.1. The molecule has 1 fully saturated rings. The van der Waals surface area contributed by atoms with Gasteiger partial charge < -0.3 is 9.55 Å². The van der Waals surface area contributed by atoms with E-state index in [1.807, 2.05) is 29.8 Å². The lowest BCUT2D eigenvalue weighted by Crippen LogP contribution is -2.24. The predicted octanol–water partition coefficient (Wildman–Crippen LogP) is 4.29. The molecular weight excluding hydrogens is 490 g/mol. The van der Waals surface area contributed by atoms with Crippen LogP contribution < -0.4 is 0 Å². The van der Waals surface area contributed by atoms with E-state index in [0.29, 0.717) is 30.3 Å². The highest BCUT2D eigenvalue weighted by atomic mass is 19.3. The van der Waals surface area contributed by atoms with Gasteiger partial charge in [-0.1, -0.05) is 0 Å². The highest BCUT2D eigenvalue weighted by Crippen LogP contribution is 2.31. The molecule has 0 aromatic carbocycles. The number of hydrogen-bond acceptors (Lipinski definition) is 7. The Morgan fingerprint density at radius 2 is 1.92 bits per heavy atom. The number of nitrogens with zero attached hydrogens (tertiary/aromatic N) is 8. The maximum Gasteiger partial charge on any atom is 0.261 e. The fourth-order valence-electron chi connectivity index (χ4n) is 4.94. The van der Waals surface area contributed by atoms with Crippen LogP contribution in [0.2, 0.25) is 0 Å². The SMILES string of the molecule is Cc1cn(-c2cncc3[nH]c(-c4n[nH]c5cnc(-c6cncc(CN7CCC(F)(F)C7)c6)cc45)nc23)cn1. The Morgan fingerprint density at radius 3 is 2.74 bits per heavy atom. The van der Waals surface area contributed by atoms with Crippen molar-refractivity contribution < 1.29 is 8.78 Å². The van der Waals surface area contributed by atoms with Crippen LogP contribution in [-0.4, -0.2) is 68.6 Å². The smallest absolute Gasteiger partial charge is 0.261 e. The predicted molar refractivity (Wildman–Crippen MR) is 137 cm³/mol. The maximum atomic E-state index is 13.6. The van der Waals surface area contributed by atoms with Gasteiger partial charge in [0.25, 0.3) is 5.92 Å². The molecule has 1 aliphatic rings. The Morgan fingerprint density at radius 1 is 1.03 bits per heavy atom. The normalized spacial score (nSPS) is 15.7. The van der Waals surface area contributed by atoms with Crippen LogP contribution in [0.4, 0.5) is 8.78 Å². The van der Waals surface area contributed by atoms with Crippen molar-refractivity contribution in [1.29, 1.82) is 0 Å². The molecule has 0 unspecified atom stereocenters. The molecule has 0 spiro atoms. The summed E-state index contributed by atoms with van der Waals surface area (Å²) >= 11 is 0. The zero-order valence-corrected chi connectivity index (χ0v) is 20.4. The van der Waals surface area contributed by atoms with Crippen molar-refractivity contribution in [3.8, 4) is 28.5 Å². The van der Waals surface area contributed by atoms with Gasteiger partial charge in [-0.3, -0.25) is 25.0 Å². The number of H-pyrrole nitrogens is 2. The molecular formula is C26H22F2N10. The largest absolute Gasteiger partial charge is 0.335 e. The van der Waals surface area contributed by atoms with E-state index >= 15 is 0 Å². The molecule has 6 aromatic rings. The summed E-state index contributed by atoms with van der Waals surface area (Å²) in [5.41, 5.74) is 7.01. The van der Waals surface area contributed by atoms with Gasteiger partial charge >= 0.3 is 0 Å². The number of rotatable bonds is 5. The first-order valence-corrected chi connectivity index (χ1v) is 12.2. The van der Waals surface area contributed by atoms with Crippen molar-refractivity contribution in [2.24, 2.45) is 0 Å². The topological polar surface area (TPSA) is 117 Å². The molecule has 1 aliphatic heterocycles. The minimum Gasteiger partial charge on any atom is -0.335 e. The minimum atomic E-state index is -2.62. The zero-order valence-electron chi connectivity index (χ0n) is 20.4. The highest BCUT2D eigenvalue weighted by molar-refractivity contribution is 5.95. The molecule has 0 aliphatic carbocycles. The number of aromatic amines is 2. The number of alkyl halides is 2. The van der Waals surface area contributed by atoms with Gasteiger partial charge in [0.05, 0.1) is 59.6 Å². The Hall–Kier alpha value is -4.58. The van der Waals surface area contributed by atoms with Crippen molar-refractivity contribution in [2.75, 3.05) is 13.1 Å². The molecule has 7 heterocycles. The number of likely N-dealkylation sites (tertiary alicyclic amines) is 1. The van der Waals surface area contributed by atoms with Gasteiger partial charge in [0.2, 0.25) is 0 Å². The summed E-state index contributed by atoms with van der Waals surface area (Å²) in [6.45, 7) is 2.49. The standard InChI is InChI=1S/C26H22F2N10/c1-15-11-38(14-32-15)22-10-30-8-21-24(22)34-25(33-21)23-18-5-19(31-9-20(18)35-36-23)17-4-16(6-29-7-17)12-37-3-2-26(27,28)13-37/h4-11,14H,2-3,12-13H2,1H3,(H,33,34)(H,35,36). The summed E-state index contributed by atoms with van der Waals surface area (Å²) in [5, 5.41) is 8.38. The maximum absolute atomic E-state index is 13.6.